The Bertz CT molecular complexity index is 768. The molecule has 1 atom stereocenters. The number of hydrogen-bond acceptors (Lipinski definition) is 3. The molecule has 1 unspecified atom stereocenters. The Hall–Kier alpha value is -2.15. The van der Waals surface area contributed by atoms with Crippen molar-refractivity contribution in [3.8, 4) is 0 Å². The van der Waals surface area contributed by atoms with Crippen molar-refractivity contribution in [2.45, 2.75) is 6.54 Å². The Morgan fingerprint density at radius 2 is 1.92 bits per heavy atom. The standard InChI is InChI=1S/C16H15Cl2N3O3/c1-20(9-11-6-7-12(17)13(18)8-11)10-16(22)19-14-4-2-3-5-15(14)21(23)24/h2-8H,9-10H2,1H3,(H,19,22)/p+1. The van der Waals surface area contributed by atoms with Gasteiger partial charge in [0.2, 0.25) is 0 Å². The topological polar surface area (TPSA) is 76.7 Å². The molecular weight excluding hydrogens is 353 g/mol. The van der Waals surface area contributed by atoms with Gasteiger partial charge >= 0.3 is 0 Å². The number of halogens is 2. The van der Waals surface area contributed by atoms with Crippen LogP contribution in [-0.2, 0) is 11.3 Å². The van der Waals surface area contributed by atoms with Crippen LogP contribution in [0.3, 0.4) is 0 Å². The quantitative estimate of drug-likeness (QED) is 0.607. The van der Waals surface area contributed by atoms with Crippen molar-refractivity contribution < 1.29 is 14.6 Å². The first kappa shape index (κ1) is 18.2. The lowest BCUT2D eigenvalue weighted by Crippen LogP contribution is -3.08. The van der Waals surface area contributed by atoms with Crippen LogP contribution in [0.15, 0.2) is 42.5 Å². The summed E-state index contributed by atoms with van der Waals surface area (Å²) >= 11 is 11.8. The summed E-state index contributed by atoms with van der Waals surface area (Å²) in [5.74, 6) is -0.304. The van der Waals surface area contributed by atoms with Gasteiger partial charge in [0.15, 0.2) is 6.54 Å². The number of carbonyl (C=O) groups is 1. The van der Waals surface area contributed by atoms with Crippen LogP contribution < -0.4 is 10.2 Å². The summed E-state index contributed by atoms with van der Waals surface area (Å²) in [4.78, 5) is 23.4. The minimum absolute atomic E-state index is 0.131. The maximum absolute atomic E-state index is 12.1. The van der Waals surface area contributed by atoms with Gasteiger partial charge in [0.1, 0.15) is 12.2 Å². The molecule has 0 spiro atoms. The second-order valence-electron chi connectivity index (χ2n) is 5.38. The average Bonchev–Trinajstić information content (AvgIpc) is 2.51. The van der Waals surface area contributed by atoms with Gasteiger partial charge < -0.3 is 10.2 Å². The van der Waals surface area contributed by atoms with Crippen LogP contribution in [0.4, 0.5) is 11.4 Å². The van der Waals surface area contributed by atoms with Crippen molar-refractivity contribution in [3.63, 3.8) is 0 Å². The molecule has 0 radical (unpaired) electrons. The first-order valence-corrected chi connectivity index (χ1v) is 7.91. The van der Waals surface area contributed by atoms with Crippen LogP contribution in [0.2, 0.25) is 10.0 Å². The zero-order chi connectivity index (χ0) is 17.7. The zero-order valence-electron chi connectivity index (χ0n) is 12.9. The molecule has 0 fully saturated rings. The molecular formula is C16H16Cl2N3O3+. The fraction of sp³-hybridized carbons (Fsp3) is 0.188. The Kier molecular flexibility index (Phi) is 6.14. The summed E-state index contributed by atoms with van der Waals surface area (Å²) in [5, 5.41) is 14.5. The number of likely N-dealkylation sites (N-methyl/N-ethyl adjacent to an activating group) is 1. The van der Waals surface area contributed by atoms with Crippen LogP contribution >= 0.6 is 23.2 Å². The maximum atomic E-state index is 12.1. The second kappa shape index (κ2) is 8.10. The van der Waals surface area contributed by atoms with Crippen molar-refractivity contribution >= 4 is 40.5 Å². The van der Waals surface area contributed by atoms with Crippen molar-refractivity contribution in [2.24, 2.45) is 0 Å². The maximum Gasteiger partial charge on any atom is 0.292 e. The Morgan fingerprint density at radius 1 is 1.21 bits per heavy atom. The minimum Gasteiger partial charge on any atom is -0.326 e. The molecule has 0 aliphatic rings. The van der Waals surface area contributed by atoms with Crippen LogP contribution in [0, 0.1) is 10.1 Å². The predicted octanol–water partition coefficient (Wildman–Crippen LogP) is 2.56. The predicted molar refractivity (Wildman–Crippen MR) is 93.6 cm³/mol. The van der Waals surface area contributed by atoms with Gasteiger partial charge in [0.25, 0.3) is 11.6 Å². The van der Waals surface area contributed by atoms with Crippen LogP contribution in [0.5, 0.6) is 0 Å². The van der Waals surface area contributed by atoms with Crippen LogP contribution in [0.1, 0.15) is 5.56 Å². The number of nitrogens with zero attached hydrogens (tertiary/aromatic N) is 1. The lowest BCUT2D eigenvalue weighted by molar-refractivity contribution is -0.885. The smallest absolute Gasteiger partial charge is 0.292 e. The number of hydrogen-bond donors (Lipinski definition) is 2. The van der Waals surface area contributed by atoms with Gasteiger partial charge in [-0.1, -0.05) is 41.4 Å². The molecule has 2 rings (SSSR count). The molecule has 24 heavy (non-hydrogen) atoms. The van der Waals surface area contributed by atoms with Crippen molar-refractivity contribution in [1.29, 1.82) is 0 Å². The summed E-state index contributed by atoms with van der Waals surface area (Å²) in [7, 11) is 1.85. The number of carbonyl (C=O) groups excluding carboxylic acids is 1. The number of para-hydroxylation sites is 2. The van der Waals surface area contributed by atoms with Crippen LogP contribution in [0.25, 0.3) is 0 Å². The number of nitro benzene ring substituents is 1. The average molecular weight is 369 g/mol. The highest BCUT2D eigenvalue weighted by molar-refractivity contribution is 6.42. The van der Waals surface area contributed by atoms with E-state index in [0.29, 0.717) is 16.6 Å². The molecule has 2 aromatic carbocycles. The van der Waals surface area contributed by atoms with E-state index in [1.54, 1.807) is 24.3 Å². The third kappa shape index (κ3) is 4.92. The van der Waals surface area contributed by atoms with Crippen molar-refractivity contribution in [2.75, 3.05) is 18.9 Å². The first-order valence-electron chi connectivity index (χ1n) is 7.15. The van der Waals surface area contributed by atoms with E-state index < -0.39 is 4.92 Å². The Labute approximate surface area is 149 Å². The number of benzene rings is 2. The highest BCUT2D eigenvalue weighted by Gasteiger charge is 2.17. The largest absolute Gasteiger partial charge is 0.326 e. The van der Waals surface area contributed by atoms with E-state index in [1.165, 1.54) is 12.1 Å². The highest BCUT2D eigenvalue weighted by atomic mass is 35.5. The fourth-order valence-electron chi connectivity index (χ4n) is 2.27. The number of rotatable bonds is 6. The summed E-state index contributed by atoms with van der Waals surface area (Å²) < 4.78 is 0. The molecule has 0 heterocycles. The lowest BCUT2D eigenvalue weighted by Gasteiger charge is -2.14. The molecule has 0 aliphatic heterocycles. The summed E-state index contributed by atoms with van der Waals surface area (Å²) in [6, 6.07) is 11.3. The van der Waals surface area contributed by atoms with Gasteiger partial charge in [0, 0.05) is 11.6 Å². The SMILES string of the molecule is C[NH+](CC(=O)Nc1ccccc1[N+](=O)[O-])Cc1ccc(Cl)c(Cl)c1. The number of nitrogens with one attached hydrogen (secondary N) is 2. The molecule has 0 saturated heterocycles. The van der Waals surface area contributed by atoms with Gasteiger partial charge in [-0.05, 0) is 18.2 Å². The van der Waals surface area contributed by atoms with Gasteiger partial charge in [-0.2, -0.15) is 0 Å². The third-order valence-corrected chi connectivity index (χ3v) is 4.07. The first-order chi connectivity index (χ1) is 11.4. The monoisotopic (exact) mass is 368 g/mol. The summed E-state index contributed by atoms with van der Waals surface area (Å²) in [5.41, 5.74) is 1.00. The van der Waals surface area contributed by atoms with Crippen LogP contribution in [-0.4, -0.2) is 24.4 Å². The molecule has 0 aromatic heterocycles. The third-order valence-electron chi connectivity index (χ3n) is 3.33. The van der Waals surface area contributed by atoms with E-state index in [-0.39, 0.29) is 23.8 Å². The van der Waals surface area contributed by atoms with E-state index in [4.69, 9.17) is 23.2 Å². The molecule has 0 bridgehead atoms. The fourth-order valence-corrected chi connectivity index (χ4v) is 2.59. The van der Waals surface area contributed by atoms with Gasteiger partial charge in [-0.3, -0.25) is 14.9 Å². The van der Waals surface area contributed by atoms with Gasteiger partial charge in [-0.25, -0.2) is 0 Å². The molecule has 1 amide bonds. The molecule has 2 N–H and O–H groups in total. The van der Waals surface area contributed by atoms with Gasteiger partial charge in [-0.15, -0.1) is 0 Å². The zero-order valence-corrected chi connectivity index (χ0v) is 14.4. The van der Waals surface area contributed by atoms with E-state index in [9.17, 15) is 14.9 Å². The Balaban J connectivity index is 1.97. The molecule has 0 aliphatic carbocycles. The second-order valence-corrected chi connectivity index (χ2v) is 6.20. The van der Waals surface area contributed by atoms with Gasteiger partial charge in [0.05, 0.1) is 22.0 Å². The molecule has 0 saturated carbocycles. The van der Waals surface area contributed by atoms with E-state index >= 15 is 0 Å². The van der Waals surface area contributed by atoms with Crippen molar-refractivity contribution in [3.05, 3.63) is 68.2 Å². The van der Waals surface area contributed by atoms with E-state index in [1.807, 2.05) is 13.1 Å². The minimum atomic E-state index is -0.526. The summed E-state index contributed by atoms with van der Waals surface area (Å²) in [6.45, 7) is 0.730. The van der Waals surface area contributed by atoms with E-state index in [0.717, 1.165) is 10.5 Å². The number of amides is 1. The Morgan fingerprint density at radius 3 is 2.58 bits per heavy atom. The number of anilines is 1. The van der Waals surface area contributed by atoms with E-state index in [2.05, 4.69) is 5.32 Å². The number of quaternary nitrogens is 1. The molecule has 126 valence electrons. The lowest BCUT2D eigenvalue weighted by atomic mass is 10.2. The normalized spacial score (nSPS) is 11.8. The van der Waals surface area contributed by atoms with Crippen molar-refractivity contribution in [1.82, 2.24) is 0 Å². The molecule has 8 heteroatoms. The summed E-state index contributed by atoms with van der Waals surface area (Å²) in [6.07, 6.45) is 0. The molecule has 6 nitrogen and oxygen atoms in total. The highest BCUT2D eigenvalue weighted by Crippen LogP contribution is 2.23. The number of nitro groups is 1. The molecule has 2 aromatic rings.